The molecule has 0 amide bonds. The summed E-state index contributed by atoms with van der Waals surface area (Å²) in [4.78, 5) is 23.8. The fourth-order valence-electron chi connectivity index (χ4n) is 2.50. The van der Waals surface area contributed by atoms with Crippen molar-refractivity contribution in [2.24, 2.45) is 0 Å². The number of ketones is 1. The van der Waals surface area contributed by atoms with Crippen molar-refractivity contribution in [2.45, 2.75) is 6.61 Å². The summed E-state index contributed by atoms with van der Waals surface area (Å²) in [5, 5.41) is 8.85. The van der Waals surface area contributed by atoms with Crippen molar-refractivity contribution in [3.8, 4) is 11.5 Å². The first-order valence-electron chi connectivity index (χ1n) is 7.95. The van der Waals surface area contributed by atoms with Gasteiger partial charge in [-0.1, -0.05) is 54.6 Å². The van der Waals surface area contributed by atoms with Gasteiger partial charge in [0.15, 0.2) is 0 Å². The van der Waals surface area contributed by atoms with Crippen LogP contribution in [0.15, 0.2) is 78.9 Å². The molecular weight excluding hydrogens is 332 g/mol. The molecule has 0 saturated carbocycles. The third-order valence-corrected chi connectivity index (χ3v) is 3.70. The molecule has 0 aliphatic carbocycles. The van der Waals surface area contributed by atoms with Crippen LogP contribution in [0.25, 0.3) is 0 Å². The van der Waals surface area contributed by atoms with Gasteiger partial charge in [-0.15, -0.1) is 0 Å². The fourth-order valence-corrected chi connectivity index (χ4v) is 2.50. The van der Waals surface area contributed by atoms with E-state index >= 15 is 0 Å². The zero-order valence-corrected chi connectivity index (χ0v) is 13.8. The zero-order valence-electron chi connectivity index (χ0n) is 13.8. The quantitative estimate of drug-likeness (QED) is 0.402. The number of hydrogen-bond acceptors (Lipinski definition) is 4. The molecule has 0 radical (unpaired) electrons. The van der Waals surface area contributed by atoms with Crippen LogP contribution in [0, 0.1) is 0 Å². The fraction of sp³-hybridized carbons (Fsp3) is 0.0476. The van der Waals surface area contributed by atoms with Gasteiger partial charge in [-0.2, -0.15) is 0 Å². The lowest BCUT2D eigenvalue weighted by molar-refractivity contribution is 0.103. The monoisotopic (exact) mass is 348 g/mol. The lowest BCUT2D eigenvalue weighted by Gasteiger charge is -2.12. The number of benzene rings is 3. The van der Waals surface area contributed by atoms with E-state index < -0.39 is 6.16 Å². The summed E-state index contributed by atoms with van der Waals surface area (Å²) in [7, 11) is 0. The van der Waals surface area contributed by atoms with Crippen LogP contribution in [0.5, 0.6) is 11.5 Å². The Morgan fingerprint density at radius 3 is 1.92 bits per heavy atom. The van der Waals surface area contributed by atoms with Gasteiger partial charge in [0, 0.05) is 0 Å². The van der Waals surface area contributed by atoms with Crippen LogP contribution in [0.1, 0.15) is 21.5 Å². The van der Waals surface area contributed by atoms with Gasteiger partial charge in [0.1, 0.15) is 18.1 Å². The molecule has 5 heteroatoms. The normalized spacial score (nSPS) is 10.2. The van der Waals surface area contributed by atoms with Crippen molar-refractivity contribution in [3.63, 3.8) is 0 Å². The van der Waals surface area contributed by atoms with Gasteiger partial charge in [-0.3, -0.25) is 4.79 Å². The number of hydrogen-bond donors (Lipinski definition) is 1. The second-order valence-corrected chi connectivity index (χ2v) is 5.46. The van der Waals surface area contributed by atoms with E-state index in [0.29, 0.717) is 17.9 Å². The molecule has 0 aromatic heterocycles. The first-order valence-corrected chi connectivity index (χ1v) is 7.95. The molecule has 0 bridgehead atoms. The molecule has 3 aromatic carbocycles. The zero-order chi connectivity index (χ0) is 18.4. The van der Waals surface area contributed by atoms with E-state index in [0.717, 1.165) is 5.56 Å². The molecule has 26 heavy (non-hydrogen) atoms. The lowest BCUT2D eigenvalue weighted by atomic mass is 10.0. The van der Waals surface area contributed by atoms with Gasteiger partial charge in [0.05, 0.1) is 11.1 Å². The van der Waals surface area contributed by atoms with Gasteiger partial charge < -0.3 is 14.6 Å². The van der Waals surface area contributed by atoms with Crippen LogP contribution in [0.4, 0.5) is 4.79 Å². The van der Waals surface area contributed by atoms with E-state index in [1.165, 1.54) is 12.1 Å². The standard InChI is InChI=1S/C21H16O5/c22-20(17-11-5-7-13-19(17)26-21(23)24)16-10-4-6-12-18(16)25-14-15-8-2-1-3-9-15/h1-13H,14H2,(H,23,24). The van der Waals surface area contributed by atoms with Gasteiger partial charge in [0.2, 0.25) is 5.78 Å². The first-order chi connectivity index (χ1) is 12.6. The minimum absolute atomic E-state index is 0.0112. The molecule has 0 spiro atoms. The average Bonchev–Trinajstić information content (AvgIpc) is 2.67. The third-order valence-electron chi connectivity index (χ3n) is 3.70. The largest absolute Gasteiger partial charge is 0.511 e. The second kappa shape index (κ2) is 7.98. The molecule has 3 aromatic rings. The van der Waals surface area contributed by atoms with Crippen molar-refractivity contribution in [2.75, 3.05) is 0 Å². The smallest absolute Gasteiger partial charge is 0.488 e. The van der Waals surface area contributed by atoms with Gasteiger partial charge in [0.25, 0.3) is 0 Å². The molecule has 1 N–H and O–H groups in total. The molecule has 0 fully saturated rings. The number of carboxylic acid groups (broad SMARTS) is 1. The number of carbonyl (C=O) groups excluding carboxylic acids is 1. The summed E-state index contributed by atoms with van der Waals surface area (Å²) in [5.41, 5.74) is 1.47. The highest BCUT2D eigenvalue weighted by Crippen LogP contribution is 2.27. The highest BCUT2D eigenvalue weighted by Gasteiger charge is 2.19. The SMILES string of the molecule is O=C(O)Oc1ccccc1C(=O)c1ccccc1OCc1ccccc1. The van der Waals surface area contributed by atoms with Crippen molar-refractivity contribution in [3.05, 3.63) is 95.6 Å². The van der Waals surface area contributed by atoms with E-state index in [-0.39, 0.29) is 17.1 Å². The topological polar surface area (TPSA) is 72.8 Å². The first kappa shape index (κ1) is 17.2. The summed E-state index contributed by atoms with van der Waals surface area (Å²) >= 11 is 0. The Kier molecular flexibility index (Phi) is 5.29. The Labute approximate surface area is 150 Å². The van der Waals surface area contributed by atoms with E-state index in [2.05, 4.69) is 0 Å². The lowest BCUT2D eigenvalue weighted by Crippen LogP contribution is -2.10. The highest BCUT2D eigenvalue weighted by atomic mass is 16.7. The molecule has 0 atom stereocenters. The van der Waals surface area contributed by atoms with Gasteiger partial charge >= 0.3 is 6.16 Å². The maximum atomic E-state index is 12.9. The van der Waals surface area contributed by atoms with Crippen LogP contribution < -0.4 is 9.47 Å². The van der Waals surface area contributed by atoms with Gasteiger partial charge in [-0.25, -0.2) is 4.79 Å². The van der Waals surface area contributed by atoms with Crippen molar-refractivity contribution in [1.29, 1.82) is 0 Å². The maximum Gasteiger partial charge on any atom is 0.511 e. The Morgan fingerprint density at radius 2 is 1.27 bits per heavy atom. The van der Waals surface area contributed by atoms with Crippen LogP contribution in [-0.2, 0) is 6.61 Å². The molecule has 0 heterocycles. The van der Waals surface area contributed by atoms with Gasteiger partial charge in [-0.05, 0) is 29.8 Å². The molecular formula is C21H16O5. The van der Waals surface area contributed by atoms with E-state index in [9.17, 15) is 9.59 Å². The average molecular weight is 348 g/mol. The third kappa shape index (κ3) is 4.08. The predicted molar refractivity (Wildman–Crippen MR) is 95.7 cm³/mol. The van der Waals surface area contributed by atoms with Crippen LogP contribution >= 0.6 is 0 Å². The minimum Gasteiger partial charge on any atom is -0.488 e. The Hall–Kier alpha value is -3.60. The molecule has 3 rings (SSSR count). The molecule has 0 aliphatic rings. The van der Waals surface area contributed by atoms with Crippen molar-refractivity contribution < 1.29 is 24.2 Å². The molecule has 130 valence electrons. The summed E-state index contributed by atoms with van der Waals surface area (Å²) in [6, 6.07) is 22.7. The highest BCUT2D eigenvalue weighted by molar-refractivity contribution is 6.12. The van der Waals surface area contributed by atoms with Crippen LogP contribution in [0.2, 0.25) is 0 Å². The summed E-state index contributed by atoms with van der Waals surface area (Å²) in [6.07, 6.45) is -1.47. The van der Waals surface area contributed by atoms with E-state index in [1.807, 2.05) is 30.3 Å². The Morgan fingerprint density at radius 1 is 0.731 bits per heavy atom. The summed E-state index contributed by atoms with van der Waals surface area (Å²) in [6.45, 7) is 0.318. The van der Waals surface area contributed by atoms with E-state index in [1.54, 1.807) is 36.4 Å². The van der Waals surface area contributed by atoms with E-state index in [4.69, 9.17) is 14.6 Å². The van der Waals surface area contributed by atoms with Crippen molar-refractivity contribution >= 4 is 11.9 Å². The van der Waals surface area contributed by atoms with Crippen LogP contribution in [-0.4, -0.2) is 17.0 Å². The molecule has 0 unspecified atom stereocenters. The Bertz CT molecular complexity index is 918. The molecule has 0 aliphatic heterocycles. The number of carbonyl (C=O) groups is 2. The van der Waals surface area contributed by atoms with Crippen molar-refractivity contribution in [1.82, 2.24) is 0 Å². The van der Waals surface area contributed by atoms with Crippen LogP contribution in [0.3, 0.4) is 0 Å². The number of ether oxygens (including phenoxy) is 2. The predicted octanol–water partition coefficient (Wildman–Crippen LogP) is 4.55. The summed E-state index contributed by atoms with van der Waals surface area (Å²) in [5.74, 6) is 0.0415. The Balaban J connectivity index is 1.88. The molecule has 5 nitrogen and oxygen atoms in total. The number of rotatable bonds is 6. The maximum absolute atomic E-state index is 12.9. The minimum atomic E-state index is -1.47. The molecule has 0 saturated heterocycles. The summed E-state index contributed by atoms with van der Waals surface area (Å²) < 4.78 is 10.5. The second-order valence-electron chi connectivity index (χ2n) is 5.46. The number of para-hydroxylation sites is 2.